The van der Waals surface area contributed by atoms with Crippen LogP contribution in [0.5, 0.6) is 0 Å². The molecule has 1 aromatic heterocycles. The van der Waals surface area contributed by atoms with E-state index in [4.69, 9.17) is 4.42 Å². The van der Waals surface area contributed by atoms with E-state index in [-0.39, 0.29) is 27.9 Å². The van der Waals surface area contributed by atoms with Gasteiger partial charge in [-0.3, -0.25) is 9.52 Å². The van der Waals surface area contributed by atoms with Gasteiger partial charge in [0.25, 0.3) is 5.91 Å². The van der Waals surface area contributed by atoms with Crippen LogP contribution < -0.4 is 10.0 Å². The SMILES string of the molecule is CCCS(=O)(=O)Nc1cccc(NC(=O)c2ccc(CS(=O)(=O)c3ccccc3)o2)c1C. The Hall–Kier alpha value is -3.11. The van der Waals surface area contributed by atoms with Crippen LogP contribution in [0.2, 0.25) is 0 Å². The molecule has 0 radical (unpaired) electrons. The number of carbonyl (C=O) groups is 1. The van der Waals surface area contributed by atoms with Crippen LogP contribution in [0.3, 0.4) is 0 Å². The third-order valence-electron chi connectivity index (χ3n) is 4.64. The van der Waals surface area contributed by atoms with E-state index in [9.17, 15) is 21.6 Å². The van der Waals surface area contributed by atoms with Gasteiger partial charge in [0.1, 0.15) is 11.5 Å². The highest BCUT2D eigenvalue weighted by atomic mass is 32.2. The van der Waals surface area contributed by atoms with Gasteiger partial charge in [0, 0.05) is 5.69 Å². The molecule has 0 fully saturated rings. The minimum atomic E-state index is -3.61. The first-order valence-corrected chi connectivity index (χ1v) is 13.2. The summed E-state index contributed by atoms with van der Waals surface area (Å²) in [4.78, 5) is 12.8. The van der Waals surface area contributed by atoms with Gasteiger partial charge in [0.05, 0.1) is 16.3 Å². The highest BCUT2D eigenvalue weighted by molar-refractivity contribution is 7.92. The van der Waals surface area contributed by atoms with E-state index in [1.807, 2.05) is 0 Å². The molecule has 0 saturated heterocycles. The second kappa shape index (κ2) is 9.58. The number of sulfone groups is 1. The van der Waals surface area contributed by atoms with Crippen LogP contribution in [0.1, 0.15) is 35.2 Å². The molecule has 0 spiro atoms. The average Bonchev–Trinajstić information content (AvgIpc) is 3.19. The Labute approximate surface area is 187 Å². The minimum absolute atomic E-state index is 0.00983. The number of amides is 1. The van der Waals surface area contributed by atoms with Gasteiger partial charge < -0.3 is 9.73 Å². The van der Waals surface area contributed by atoms with Crippen molar-refractivity contribution in [1.29, 1.82) is 0 Å². The molecule has 1 heterocycles. The normalized spacial score (nSPS) is 11.8. The molecule has 0 aliphatic heterocycles. The van der Waals surface area contributed by atoms with Crippen LogP contribution in [0.15, 0.2) is 70.0 Å². The lowest BCUT2D eigenvalue weighted by atomic mass is 10.1. The number of nitrogens with one attached hydrogen (secondary N) is 2. The predicted octanol–water partition coefficient (Wildman–Crippen LogP) is 3.97. The fourth-order valence-electron chi connectivity index (χ4n) is 3.03. The maximum atomic E-state index is 12.6. The van der Waals surface area contributed by atoms with Gasteiger partial charge in [-0.15, -0.1) is 0 Å². The number of furan rings is 1. The van der Waals surface area contributed by atoms with Gasteiger partial charge in [-0.1, -0.05) is 31.2 Å². The second-order valence-corrected chi connectivity index (χ2v) is 11.0. The molecular weight excluding hydrogens is 452 g/mol. The van der Waals surface area contributed by atoms with Crippen molar-refractivity contribution in [3.8, 4) is 0 Å². The van der Waals surface area contributed by atoms with Gasteiger partial charge in [0.2, 0.25) is 10.0 Å². The Balaban J connectivity index is 1.74. The van der Waals surface area contributed by atoms with E-state index in [2.05, 4.69) is 10.0 Å². The zero-order valence-electron chi connectivity index (χ0n) is 17.7. The van der Waals surface area contributed by atoms with Gasteiger partial charge in [-0.2, -0.15) is 0 Å². The zero-order chi connectivity index (χ0) is 23.4. The van der Waals surface area contributed by atoms with Crippen LogP contribution in [0, 0.1) is 6.92 Å². The van der Waals surface area contributed by atoms with E-state index >= 15 is 0 Å². The van der Waals surface area contributed by atoms with Gasteiger partial charge in [-0.25, -0.2) is 16.8 Å². The van der Waals surface area contributed by atoms with Crippen LogP contribution >= 0.6 is 0 Å². The number of carbonyl (C=O) groups excluding carboxylic acids is 1. The molecule has 0 aliphatic rings. The summed E-state index contributed by atoms with van der Waals surface area (Å²) in [6.45, 7) is 3.45. The van der Waals surface area contributed by atoms with Crippen molar-refractivity contribution in [3.05, 3.63) is 77.7 Å². The van der Waals surface area contributed by atoms with Crippen molar-refractivity contribution < 1.29 is 26.0 Å². The van der Waals surface area contributed by atoms with Crippen LogP contribution in [-0.4, -0.2) is 28.5 Å². The lowest BCUT2D eigenvalue weighted by Gasteiger charge is -2.13. The molecule has 0 aliphatic carbocycles. The van der Waals surface area contributed by atoms with Crippen LogP contribution in [-0.2, 0) is 25.6 Å². The monoisotopic (exact) mass is 476 g/mol. The maximum absolute atomic E-state index is 12.6. The Bertz CT molecular complexity index is 1310. The fourth-order valence-corrected chi connectivity index (χ4v) is 5.49. The molecule has 8 nitrogen and oxygen atoms in total. The quantitative estimate of drug-likeness (QED) is 0.482. The van der Waals surface area contributed by atoms with E-state index in [0.717, 1.165) is 0 Å². The summed E-state index contributed by atoms with van der Waals surface area (Å²) < 4.78 is 57.1. The number of anilines is 2. The van der Waals surface area contributed by atoms with E-state index in [1.165, 1.54) is 24.3 Å². The van der Waals surface area contributed by atoms with Crippen LogP contribution in [0.4, 0.5) is 11.4 Å². The Kier molecular flexibility index (Phi) is 7.05. The van der Waals surface area contributed by atoms with Crippen molar-refractivity contribution >= 4 is 37.1 Å². The van der Waals surface area contributed by atoms with Crippen molar-refractivity contribution in [3.63, 3.8) is 0 Å². The number of rotatable bonds is 9. The molecule has 2 aromatic carbocycles. The highest BCUT2D eigenvalue weighted by Gasteiger charge is 2.20. The number of hydrogen-bond donors (Lipinski definition) is 2. The van der Waals surface area contributed by atoms with Crippen LogP contribution in [0.25, 0.3) is 0 Å². The molecule has 0 bridgehead atoms. The predicted molar refractivity (Wildman–Crippen MR) is 123 cm³/mol. The summed E-state index contributed by atoms with van der Waals surface area (Å²) in [6, 6.07) is 15.7. The molecule has 2 N–H and O–H groups in total. The minimum Gasteiger partial charge on any atom is -0.455 e. The first kappa shape index (κ1) is 23.6. The van der Waals surface area contributed by atoms with Crippen molar-refractivity contribution in [2.45, 2.75) is 30.9 Å². The molecular formula is C22H24N2O6S2. The largest absolute Gasteiger partial charge is 0.455 e. The molecule has 0 unspecified atom stereocenters. The smallest absolute Gasteiger partial charge is 0.291 e. The molecule has 0 saturated carbocycles. The van der Waals surface area contributed by atoms with E-state index in [0.29, 0.717) is 23.4 Å². The summed E-state index contributed by atoms with van der Waals surface area (Å²) in [5.41, 5.74) is 1.31. The lowest BCUT2D eigenvalue weighted by molar-refractivity contribution is 0.0995. The van der Waals surface area contributed by atoms with E-state index in [1.54, 1.807) is 50.2 Å². The second-order valence-electron chi connectivity index (χ2n) is 7.19. The fraction of sp³-hybridized carbons (Fsp3) is 0.227. The maximum Gasteiger partial charge on any atom is 0.291 e. The summed E-state index contributed by atoms with van der Waals surface area (Å²) >= 11 is 0. The van der Waals surface area contributed by atoms with E-state index < -0.39 is 25.8 Å². The molecule has 1 amide bonds. The average molecular weight is 477 g/mol. The topological polar surface area (TPSA) is 123 Å². The molecule has 170 valence electrons. The first-order valence-electron chi connectivity index (χ1n) is 9.89. The highest BCUT2D eigenvalue weighted by Crippen LogP contribution is 2.25. The third-order valence-corrected chi connectivity index (χ3v) is 7.77. The summed E-state index contributed by atoms with van der Waals surface area (Å²) in [7, 11) is -7.09. The molecule has 10 heteroatoms. The van der Waals surface area contributed by atoms with Gasteiger partial charge >= 0.3 is 0 Å². The van der Waals surface area contributed by atoms with Crippen molar-refractivity contribution in [2.75, 3.05) is 15.8 Å². The third kappa shape index (κ3) is 5.77. The zero-order valence-corrected chi connectivity index (χ0v) is 19.3. The van der Waals surface area contributed by atoms with Gasteiger partial charge in [-0.05, 0) is 55.3 Å². The molecule has 3 aromatic rings. The Morgan fingerprint density at radius 1 is 0.906 bits per heavy atom. The molecule has 3 rings (SSSR count). The molecule has 0 atom stereocenters. The van der Waals surface area contributed by atoms with Gasteiger partial charge in [0.15, 0.2) is 15.6 Å². The Morgan fingerprint density at radius 2 is 1.59 bits per heavy atom. The van der Waals surface area contributed by atoms with Crippen molar-refractivity contribution in [2.24, 2.45) is 0 Å². The Morgan fingerprint density at radius 3 is 2.28 bits per heavy atom. The lowest BCUT2D eigenvalue weighted by Crippen LogP contribution is -2.18. The standard InChI is InChI=1S/C22H24N2O6S2/c1-3-14-32(28,29)24-20-11-7-10-19(16(20)2)23-22(25)21-13-12-17(30-21)15-31(26,27)18-8-5-4-6-9-18/h4-13,24H,3,14-15H2,1-2H3,(H,23,25). The number of benzene rings is 2. The number of hydrogen-bond acceptors (Lipinski definition) is 6. The first-order chi connectivity index (χ1) is 15.1. The summed E-state index contributed by atoms with van der Waals surface area (Å²) in [6.07, 6.45) is 0.478. The molecule has 32 heavy (non-hydrogen) atoms. The number of sulfonamides is 1. The van der Waals surface area contributed by atoms with Crippen molar-refractivity contribution in [1.82, 2.24) is 0 Å². The summed E-state index contributed by atoms with van der Waals surface area (Å²) in [5, 5.41) is 2.68. The summed E-state index contributed by atoms with van der Waals surface area (Å²) in [5.74, 6) is -0.885.